The molecular weight excluding hydrogens is 661 g/mol. The first kappa shape index (κ1) is 30.0. The molecule has 248 valence electrons. The fraction of sp³-hybridized carbons (Fsp3) is 0. The summed E-state index contributed by atoms with van der Waals surface area (Å²) in [6, 6.07) is 70.8. The third kappa shape index (κ3) is 4.78. The van der Waals surface area contributed by atoms with Crippen LogP contribution in [0.4, 0.5) is 17.1 Å². The summed E-state index contributed by atoms with van der Waals surface area (Å²) in [7, 11) is 0. The number of aromatic nitrogens is 1. The van der Waals surface area contributed by atoms with Gasteiger partial charge in [0.2, 0.25) is 0 Å². The fourth-order valence-corrected chi connectivity index (χ4v) is 9.50. The van der Waals surface area contributed by atoms with Crippen LogP contribution in [0.5, 0.6) is 0 Å². The molecule has 2 heterocycles. The Hall–Kier alpha value is -6.68. The van der Waals surface area contributed by atoms with Crippen LogP contribution < -0.4 is 4.90 Å². The lowest BCUT2D eigenvalue weighted by Crippen LogP contribution is -2.09. The second-order valence-electron chi connectivity index (χ2n) is 13.7. The molecule has 0 radical (unpaired) electrons. The quantitative estimate of drug-likeness (QED) is 0.174. The smallest absolute Gasteiger partial charge is 0.0619 e. The molecule has 53 heavy (non-hydrogen) atoms. The van der Waals surface area contributed by atoms with Crippen molar-refractivity contribution in [3.05, 3.63) is 194 Å². The number of benzene rings is 9. The normalized spacial score (nSPS) is 11.8. The summed E-state index contributed by atoms with van der Waals surface area (Å²) in [5.74, 6) is 0. The summed E-state index contributed by atoms with van der Waals surface area (Å²) >= 11 is 1.90. The molecule has 2 nitrogen and oxygen atoms in total. The number of rotatable bonds is 5. The minimum atomic E-state index is 1.12. The van der Waals surface area contributed by atoms with Crippen LogP contribution in [0.2, 0.25) is 0 Å². The number of fused-ring (bicyclic) bond motifs is 10. The van der Waals surface area contributed by atoms with E-state index in [1.165, 1.54) is 80.3 Å². The van der Waals surface area contributed by atoms with E-state index in [2.05, 4.69) is 204 Å². The molecule has 11 aromatic rings. The highest BCUT2D eigenvalue weighted by atomic mass is 32.1. The van der Waals surface area contributed by atoms with Crippen molar-refractivity contribution in [1.82, 2.24) is 4.57 Å². The molecule has 0 saturated carbocycles. The minimum absolute atomic E-state index is 1.12. The van der Waals surface area contributed by atoms with E-state index in [4.69, 9.17) is 0 Å². The van der Waals surface area contributed by atoms with Gasteiger partial charge in [-0.25, -0.2) is 0 Å². The molecule has 0 fully saturated rings. The van der Waals surface area contributed by atoms with Crippen molar-refractivity contribution < 1.29 is 0 Å². The first-order chi connectivity index (χ1) is 26.3. The standard InChI is InChI=1S/C50H32N2S/c1-3-13-37(14-4-1)51(38-15-5-2-6-16-38)39-23-19-34(20-24-39)36-22-30-47-46(32-36)43-27-29-45-42(26-28-44-41-17-9-10-18-48(41)53-50(44)45)49(43)52(47)40-25-21-33-11-7-8-12-35(33)31-40/h1-32H. The molecule has 11 rings (SSSR count). The summed E-state index contributed by atoms with van der Waals surface area (Å²) < 4.78 is 5.17. The Morgan fingerprint density at radius 3 is 1.72 bits per heavy atom. The summed E-state index contributed by atoms with van der Waals surface area (Å²) in [5, 5.41) is 10.2. The van der Waals surface area contributed by atoms with Gasteiger partial charge in [-0.1, -0.05) is 127 Å². The molecule has 9 aromatic carbocycles. The topological polar surface area (TPSA) is 8.17 Å². The number of anilines is 3. The largest absolute Gasteiger partial charge is 0.311 e. The predicted octanol–water partition coefficient (Wildman–Crippen LogP) is 14.6. The van der Waals surface area contributed by atoms with Gasteiger partial charge >= 0.3 is 0 Å². The Morgan fingerprint density at radius 1 is 0.377 bits per heavy atom. The van der Waals surface area contributed by atoms with Gasteiger partial charge in [0.05, 0.1) is 11.0 Å². The summed E-state index contributed by atoms with van der Waals surface area (Å²) in [5.41, 5.74) is 9.42. The molecule has 0 unspecified atom stereocenters. The molecular formula is C50H32N2S. The molecule has 0 atom stereocenters. The van der Waals surface area contributed by atoms with Gasteiger partial charge in [-0.05, 0) is 88.6 Å². The van der Waals surface area contributed by atoms with Gasteiger partial charge in [0.15, 0.2) is 0 Å². The van der Waals surface area contributed by atoms with E-state index in [-0.39, 0.29) is 0 Å². The van der Waals surface area contributed by atoms with E-state index in [1.54, 1.807) is 0 Å². The second kappa shape index (κ2) is 11.9. The molecule has 0 spiro atoms. The second-order valence-corrected chi connectivity index (χ2v) is 14.8. The van der Waals surface area contributed by atoms with Crippen molar-refractivity contribution in [2.45, 2.75) is 0 Å². The van der Waals surface area contributed by atoms with Crippen LogP contribution in [-0.4, -0.2) is 4.57 Å². The maximum Gasteiger partial charge on any atom is 0.0619 e. The Labute approximate surface area is 311 Å². The highest BCUT2D eigenvalue weighted by molar-refractivity contribution is 7.26. The zero-order valence-corrected chi connectivity index (χ0v) is 29.6. The van der Waals surface area contributed by atoms with Gasteiger partial charge in [0.25, 0.3) is 0 Å². The van der Waals surface area contributed by atoms with E-state index in [0.717, 1.165) is 17.1 Å². The summed E-state index contributed by atoms with van der Waals surface area (Å²) in [6.07, 6.45) is 0. The van der Waals surface area contributed by atoms with Gasteiger partial charge in [0.1, 0.15) is 0 Å². The predicted molar refractivity (Wildman–Crippen MR) is 229 cm³/mol. The SMILES string of the molecule is c1ccc(N(c2ccccc2)c2ccc(-c3ccc4c(c3)c3ccc5c(ccc6c7ccccc7sc65)c3n4-c3ccc4ccccc4c3)cc2)cc1. The average molecular weight is 693 g/mol. The van der Waals surface area contributed by atoms with Gasteiger partial charge in [-0.15, -0.1) is 11.3 Å². The molecule has 0 aliphatic rings. The van der Waals surface area contributed by atoms with Crippen LogP contribution in [0.3, 0.4) is 0 Å². The zero-order valence-electron chi connectivity index (χ0n) is 28.8. The Bertz CT molecular complexity index is 3120. The summed E-state index contributed by atoms with van der Waals surface area (Å²) in [4.78, 5) is 2.31. The molecule has 0 bridgehead atoms. The minimum Gasteiger partial charge on any atom is -0.311 e. The highest BCUT2D eigenvalue weighted by Crippen LogP contribution is 2.44. The Kier molecular flexibility index (Phi) is 6.76. The van der Waals surface area contributed by atoms with E-state index in [1.807, 2.05) is 11.3 Å². The van der Waals surface area contributed by atoms with Gasteiger partial charge < -0.3 is 9.47 Å². The van der Waals surface area contributed by atoms with E-state index in [9.17, 15) is 0 Å². The van der Waals surface area contributed by atoms with Crippen LogP contribution in [0, 0.1) is 0 Å². The van der Waals surface area contributed by atoms with E-state index in [0.29, 0.717) is 0 Å². The third-order valence-corrected chi connectivity index (χ3v) is 12.0. The van der Waals surface area contributed by atoms with E-state index < -0.39 is 0 Å². The van der Waals surface area contributed by atoms with Crippen molar-refractivity contribution in [2.24, 2.45) is 0 Å². The number of hydrogen-bond acceptors (Lipinski definition) is 2. The van der Waals surface area contributed by atoms with Crippen molar-refractivity contribution >= 4 is 91.9 Å². The van der Waals surface area contributed by atoms with Crippen LogP contribution >= 0.6 is 11.3 Å². The maximum absolute atomic E-state index is 2.49. The fourth-order valence-electron chi connectivity index (χ4n) is 8.27. The first-order valence-corrected chi connectivity index (χ1v) is 18.9. The number of para-hydroxylation sites is 2. The third-order valence-electron chi connectivity index (χ3n) is 10.7. The van der Waals surface area contributed by atoms with Crippen LogP contribution in [-0.2, 0) is 0 Å². The Balaban J connectivity index is 1.11. The Morgan fingerprint density at radius 2 is 0.962 bits per heavy atom. The lowest BCUT2D eigenvalue weighted by atomic mass is 10.0. The molecule has 3 heteroatoms. The molecule has 0 saturated heterocycles. The monoisotopic (exact) mass is 692 g/mol. The van der Waals surface area contributed by atoms with Crippen LogP contribution in [0.25, 0.3) is 80.3 Å². The molecule has 0 amide bonds. The molecule has 0 N–H and O–H groups in total. The number of thiophene rings is 1. The molecule has 0 aliphatic carbocycles. The van der Waals surface area contributed by atoms with Crippen molar-refractivity contribution in [2.75, 3.05) is 4.90 Å². The van der Waals surface area contributed by atoms with Gasteiger partial charge in [0, 0.05) is 64.5 Å². The maximum atomic E-state index is 2.49. The van der Waals surface area contributed by atoms with Crippen molar-refractivity contribution in [3.8, 4) is 16.8 Å². The number of hydrogen-bond donors (Lipinski definition) is 0. The van der Waals surface area contributed by atoms with Crippen molar-refractivity contribution in [1.29, 1.82) is 0 Å². The number of nitrogens with zero attached hydrogens (tertiary/aromatic N) is 2. The van der Waals surface area contributed by atoms with Gasteiger partial charge in [-0.2, -0.15) is 0 Å². The van der Waals surface area contributed by atoms with Gasteiger partial charge in [-0.3, -0.25) is 0 Å². The molecule has 0 aliphatic heterocycles. The summed E-state index contributed by atoms with van der Waals surface area (Å²) in [6.45, 7) is 0. The average Bonchev–Trinajstić information content (AvgIpc) is 3.78. The lowest BCUT2D eigenvalue weighted by Gasteiger charge is -2.25. The van der Waals surface area contributed by atoms with E-state index >= 15 is 0 Å². The van der Waals surface area contributed by atoms with Crippen molar-refractivity contribution in [3.63, 3.8) is 0 Å². The lowest BCUT2D eigenvalue weighted by molar-refractivity contribution is 1.19. The van der Waals surface area contributed by atoms with Crippen LogP contribution in [0.15, 0.2) is 194 Å². The first-order valence-electron chi connectivity index (χ1n) is 18.1. The van der Waals surface area contributed by atoms with Crippen LogP contribution in [0.1, 0.15) is 0 Å². The zero-order chi connectivity index (χ0) is 34.9. The highest BCUT2D eigenvalue weighted by Gasteiger charge is 2.19. The molecule has 2 aromatic heterocycles.